The maximum absolute atomic E-state index is 13.2. The van der Waals surface area contributed by atoms with Gasteiger partial charge in [-0.1, -0.05) is 18.8 Å². The van der Waals surface area contributed by atoms with Gasteiger partial charge in [-0.2, -0.15) is 11.8 Å². The summed E-state index contributed by atoms with van der Waals surface area (Å²) in [6.07, 6.45) is 0.878. The molecule has 0 fully saturated rings. The Labute approximate surface area is 129 Å². The molecule has 0 aliphatic heterocycles. The van der Waals surface area contributed by atoms with E-state index in [1.165, 1.54) is 18.2 Å². The molecule has 3 nitrogen and oxygen atoms in total. The molecule has 0 bridgehead atoms. The van der Waals surface area contributed by atoms with Crippen molar-refractivity contribution < 1.29 is 14.3 Å². The second-order valence-corrected chi connectivity index (χ2v) is 5.90. The second-order valence-electron chi connectivity index (χ2n) is 4.51. The monoisotopic (exact) mass is 309 g/mol. The number of thioether (sulfide) groups is 1. The molecule has 21 heavy (non-hydrogen) atoms. The van der Waals surface area contributed by atoms with Gasteiger partial charge >= 0.3 is 0 Å². The standard InChI is InChI=1S/C16H20FNO2S/c1-3-21-10-8-12(2)18-16(20)15-7-6-14(17)11-13(15)5-4-9-19/h6-7,11-12,19H,3,8-10H2,1-2H3,(H,18,20). The molecule has 0 saturated carbocycles. The Bertz CT molecular complexity index is 537. The lowest BCUT2D eigenvalue weighted by Gasteiger charge is -2.14. The van der Waals surface area contributed by atoms with E-state index in [4.69, 9.17) is 5.11 Å². The minimum atomic E-state index is -0.457. The largest absolute Gasteiger partial charge is 0.384 e. The van der Waals surface area contributed by atoms with Crippen molar-refractivity contribution in [2.75, 3.05) is 18.1 Å². The van der Waals surface area contributed by atoms with Crippen LogP contribution >= 0.6 is 11.8 Å². The summed E-state index contributed by atoms with van der Waals surface area (Å²) < 4.78 is 13.2. The quantitative estimate of drug-likeness (QED) is 0.627. The highest BCUT2D eigenvalue weighted by Gasteiger charge is 2.13. The van der Waals surface area contributed by atoms with Gasteiger partial charge in [0.2, 0.25) is 0 Å². The Hall–Kier alpha value is -1.51. The van der Waals surface area contributed by atoms with Crippen molar-refractivity contribution in [1.29, 1.82) is 0 Å². The molecule has 0 spiro atoms. The van der Waals surface area contributed by atoms with Crippen molar-refractivity contribution in [3.05, 3.63) is 35.1 Å². The van der Waals surface area contributed by atoms with Crippen molar-refractivity contribution in [2.24, 2.45) is 0 Å². The molecule has 114 valence electrons. The van der Waals surface area contributed by atoms with Crippen LogP contribution in [-0.4, -0.2) is 35.2 Å². The normalized spacial score (nSPS) is 11.4. The number of hydrogen-bond donors (Lipinski definition) is 2. The smallest absolute Gasteiger partial charge is 0.252 e. The van der Waals surface area contributed by atoms with E-state index in [-0.39, 0.29) is 24.1 Å². The SMILES string of the molecule is CCSCCC(C)NC(=O)c1ccc(F)cc1C#CCO. The van der Waals surface area contributed by atoms with Crippen LogP contribution in [0, 0.1) is 17.7 Å². The van der Waals surface area contributed by atoms with Crippen LogP contribution in [0.25, 0.3) is 0 Å². The molecule has 0 aliphatic carbocycles. The molecule has 1 aromatic rings. The van der Waals surface area contributed by atoms with Crippen LogP contribution in [0.2, 0.25) is 0 Å². The number of aliphatic hydroxyl groups is 1. The first-order chi connectivity index (χ1) is 10.1. The fourth-order valence-electron chi connectivity index (χ4n) is 1.73. The highest BCUT2D eigenvalue weighted by atomic mass is 32.2. The van der Waals surface area contributed by atoms with Gasteiger partial charge in [0.15, 0.2) is 0 Å². The fourth-order valence-corrected chi connectivity index (χ4v) is 2.54. The summed E-state index contributed by atoms with van der Waals surface area (Å²) in [4.78, 5) is 12.2. The van der Waals surface area contributed by atoms with Crippen LogP contribution in [0.5, 0.6) is 0 Å². The molecule has 0 aliphatic rings. The van der Waals surface area contributed by atoms with Gasteiger partial charge < -0.3 is 10.4 Å². The first-order valence-corrected chi connectivity index (χ1v) is 8.01. The molecular weight excluding hydrogens is 289 g/mol. The number of aliphatic hydroxyl groups excluding tert-OH is 1. The summed E-state index contributed by atoms with van der Waals surface area (Å²) >= 11 is 1.82. The number of benzene rings is 1. The summed E-state index contributed by atoms with van der Waals surface area (Å²) in [5.41, 5.74) is 0.615. The lowest BCUT2D eigenvalue weighted by molar-refractivity contribution is 0.0939. The van der Waals surface area contributed by atoms with Crippen LogP contribution in [0.1, 0.15) is 36.2 Å². The van der Waals surface area contributed by atoms with Crippen molar-refractivity contribution in [3.63, 3.8) is 0 Å². The average molecular weight is 309 g/mol. The molecule has 5 heteroatoms. The second kappa shape index (κ2) is 9.43. The summed E-state index contributed by atoms with van der Waals surface area (Å²) in [5.74, 6) is 6.35. The number of amides is 1. The summed E-state index contributed by atoms with van der Waals surface area (Å²) in [7, 11) is 0. The molecule has 0 radical (unpaired) electrons. The number of carbonyl (C=O) groups is 1. The predicted octanol–water partition coefficient (Wildman–Crippen LogP) is 2.43. The van der Waals surface area contributed by atoms with Crippen molar-refractivity contribution in [3.8, 4) is 11.8 Å². The molecule has 1 rings (SSSR count). The van der Waals surface area contributed by atoms with Crippen LogP contribution < -0.4 is 5.32 Å². The van der Waals surface area contributed by atoms with Gasteiger partial charge in [0, 0.05) is 11.6 Å². The van der Waals surface area contributed by atoms with Gasteiger partial charge in [0.05, 0.1) is 5.56 Å². The first-order valence-electron chi connectivity index (χ1n) is 6.86. The number of halogens is 1. The Morgan fingerprint density at radius 1 is 1.52 bits per heavy atom. The highest BCUT2D eigenvalue weighted by molar-refractivity contribution is 7.99. The third-order valence-corrected chi connectivity index (χ3v) is 3.74. The van der Waals surface area contributed by atoms with Crippen LogP contribution in [-0.2, 0) is 0 Å². The number of hydrogen-bond acceptors (Lipinski definition) is 3. The number of carbonyl (C=O) groups excluding carboxylic acids is 1. The molecule has 0 aromatic heterocycles. The first kappa shape index (κ1) is 17.5. The lowest BCUT2D eigenvalue weighted by atomic mass is 10.1. The van der Waals surface area contributed by atoms with Crippen molar-refractivity contribution in [2.45, 2.75) is 26.3 Å². The van der Waals surface area contributed by atoms with E-state index in [2.05, 4.69) is 24.1 Å². The molecule has 1 unspecified atom stereocenters. The lowest BCUT2D eigenvalue weighted by Crippen LogP contribution is -2.33. The molecule has 1 aromatic carbocycles. The van der Waals surface area contributed by atoms with Crippen molar-refractivity contribution >= 4 is 17.7 Å². The van der Waals surface area contributed by atoms with Crippen LogP contribution in [0.15, 0.2) is 18.2 Å². The topological polar surface area (TPSA) is 49.3 Å². The molecule has 0 saturated heterocycles. The zero-order valence-corrected chi connectivity index (χ0v) is 13.1. The third kappa shape index (κ3) is 6.19. The minimum absolute atomic E-state index is 0.0419. The molecular formula is C16H20FNO2S. The summed E-state index contributed by atoms with van der Waals surface area (Å²) in [5, 5.41) is 11.6. The van der Waals surface area contributed by atoms with E-state index < -0.39 is 5.82 Å². The van der Waals surface area contributed by atoms with E-state index in [0.29, 0.717) is 5.56 Å². The van der Waals surface area contributed by atoms with E-state index in [1.54, 1.807) is 0 Å². The van der Waals surface area contributed by atoms with E-state index in [9.17, 15) is 9.18 Å². The molecule has 1 amide bonds. The van der Waals surface area contributed by atoms with E-state index in [1.807, 2.05) is 18.7 Å². The van der Waals surface area contributed by atoms with Crippen molar-refractivity contribution in [1.82, 2.24) is 5.32 Å². The summed E-state index contributed by atoms with van der Waals surface area (Å²) in [6, 6.07) is 3.89. The maximum atomic E-state index is 13.2. The van der Waals surface area contributed by atoms with Gasteiger partial charge in [-0.3, -0.25) is 4.79 Å². The predicted molar refractivity (Wildman–Crippen MR) is 84.9 cm³/mol. The Kier molecular flexibility index (Phi) is 7.88. The molecule has 1 atom stereocenters. The summed E-state index contributed by atoms with van der Waals surface area (Å²) in [6.45, 7) is 3.71. The Morgan fingerprint density at radius 2 is 2.29 bits per heavy atom. The van der Waals surface area contributed by atoms with E-state index in [0.717, 1.165) is 17.9 Å². The average Bonchev–Trinajstić information content (AvgIpc) is 2.45. The Balaban J connectivity index is 2.77. The zero-order valence-electron chi connectivity index (χ0n) is 12.3. The molecule has 0 heterocycles. The zero-order chi connectivity index (χ0) is 15.7. The third-order valence-electron chi connectivity index (χ3n) is 2.81. The highest BCUT2D eigenvalue weighted by Crippen LogP contribution is 2.11. The minimum Gasteiger partial charge on any atom is -0.384 e. The maximum Gasteiger partial charge on any atom is 0.252 e. The number of nitrogens with one attached hydrogen (secondary N) is 1. The van der Waals surface area contributed by atoms with Gasteiger partial charge in [-0.15, -0.1) is 0 Å². The number of rotatable bonds is 6. The van der Waals surface area contributed by atoms with Gasteiger partial charge in [0.1, 0.15) is 12.4 Å². The van der Waals surface area contributed by atoms with E-state index >= 15 is 0 Å². The van der Waals surface area contributed by atoms with Crippen LogP contribution in [0.4, 0.5) is 4.39 Å². The molecule has 2 N–H and O–H groups in total. The fraction of sp³-hybridized carbons (Fsp3) is 0.438. The Morgan fingerprint density at radius 3 is 2.95 bits per heavy atom. The van der Waals surface area contributed by atoms with Gasteiger partial charge in [-0.05, 0) is 43.0 Å². The van der Waals surface area contributed by atoms with Gasteiger partial charge in [-0.25, -0.2) is 4.39 Å². The van der Waals surface area contributed by atoms with Gasteiger partial charge in [0.25, 0.3) is 5.91 Å². The van der Waals surface area contributed by atoms with Crippen LogP contribution in [0.3, 0.4) is 0 Å².